The van der Waals surface area contributed by atoms with Crippen LogP contribution in [0.5, 0.6) is 0 Å². The van der Waals surface area contributed by atoms with Crippen molar-refractivity contribution in [3.63, 3.8) is 0 Å². The van der Waals surface area contributed by atoms with Gasteiger partial charge in [0, 0.05) is 10.6 Å². The van der Waals surface area contributed by atoms with E-state index in [-0.39, 0.29) is 5.91 Å². The van der Waals surface area contributed by atoms with Gasteiger partial charge in [0.2, 0.25) is 5.91 Å². The van der Waals surface area contributed by atoms with E-state index >= 15 is 0 Å². The zero-order valence-electron chi connectivity index (χ0n) is 7.99. The Morgan fingerprint density at radius 2 is 2.20 bits per heavy atom. The number of hydrogen-bond acceptors (Lipinski definition) is 2. The first-order valence-corrected chi connectivity index (χ1v) is 5.67. The molecule has 2 aromatic rings. The average molecular weight is 215 g/mol. The highest BCUT2D eigenvalue weighted by molar-refractivity contribution is 7.13. The minimum Gasteiger partial charge on any atom is -0.326 e. The second-order valence-electron chi connectivity index (χ2n) is 3.57. The first kappa shape index (κ1) is 8.68. The molecule has 3 rings (SSSR count). The summed E-state index contributed by atoms with van der Waals surface area (Å²) >= 11 is 1.72. The largest absolute Gasteiger partial charge is 0.326 e. The molecule has 2 nitrogen and oxygen atoms in total. The molecule has 3 heteroatoms. The molecule has 0 saturated heterocycles. The summed E-state index contributed by atoms with van der Waals surface area (Å²) in [6, 6.07) is 10.3. The maximum Gasteiger partial charge on any atom is 0.228 e. The summed E-state index contributed by atoms with van der Waals surface area (Å²) in [5.41, 5.74) is 3.26. The number of carbonyl (C=O) groups is 1. The smallest absolute Gasteiger partial charge is 0.228 e. The fourth-order valence-electron chi connectivity index (χ4n) is 1.83. The molecule has 2 heterocycles. The van der Waals surface area contributed by atoms with E-state index in [0.717, 1.165) is 11.3 Å². The molecule has 0 spiro atoms. The molecule has 0 unspecified atom stereocenters. The zero-order valence-corrected chi connectivity index (χ0v) is 8.80. The van der Waals surface area contributed by atoms with Crippen LogP contribution >= 0.6 is 11.3 Å². The van der Waals surface area contributed by atoms with Crippen molar-refractivity contribution in [3.05, 3.63) is 41.3 Å². The maximum absolute atomic E-state index is 11.2. The Labute approximate surface area is 91.6 Å². The van der Waals surface area contributed by atoms with Crippen LogP contribution in [0.4, 0.5) is 5.69 Å². The lowest BCUT2D eigenvalue weighted by atomic mass is 10.1. The Kier molecular flexibility index (Phi) is 1.86. The van der Waals surface area contributed by atoms with Crippen molar-refractivity contribution in [2.45, 2.75) is 6.42 Å². The predicted octanol–water partition coefficient (Wildman–Crippen LogP) is 2.91. The van der Waals surface area contributed by atoms with Crippen LogP contribution in [0.1, 0.15) is 5.56 Å². The lowest BCUT2D eigenvalue weighted by Gasteiger charge is -2.01. The van der Waals surface area contributed by atoms with Gasteiger partial charge >= 0.3 is 0 Å². The third kappa shape index (κ3) is 1.45. The van der Waals surface area contributed by atoms with Crippen LogP contribution in [-0.2, 0) is 11.2 Å². The van der Waals surface area contributed by atoms with Gasteiger partial charge in [-0.1, -0.05) is 12.1 Å². The van der Waals surface area contributed by atoms with Crippen molar-refractivity contribution in [2.24, 2.45) is 0 Å². The first-order valence-electron chi connectivity index (χ1n) is 4.79. The number of fused-ring (bicyclic) bond motifs is 1. The quantitative estimate of drug-likeness (QED) is 0.778. The molecule has 0 radical (unpaired) electrons. The summed E-state index contributed by atoms with van der Waals surface area (Å²) < 4.78 is 0. The van der Waals surface area contributed by atoms with Crippen LogP contribution in [0.2, 0.25) is 0 Å². The maximum atomic E-state index is 11.2. The van der Waals surface area contributed by atoms with E-state index in [2.05, 4.69) is 28.9 Å². The minimum absolute atomic E-state index is 0.0910. The summed E-state index contributed by atoms with van der Waals surface area (Å²) in [6.07, 6.45) is 0.508. The normalized spacial score (nSPS) is 13.7. The lowest BCUT2D eigenvalue weighted by molar-refractivity contribution is -0.115. The topological polar surface area (TPSA) is 29.1 Å². The van der Waals surface area contributed by atoms with E-state index in [9.17, 15) is 4.79 Å². The second-order valence-corrected chi connectivity index (χ2v) is 4.52. The second kappa shape index (κ2) is 3.21. The van der Waals surface area contributed by atoms with Crippen LogP contribution < -0.4 is 5.32 Å². The van der Waals surface area contributed by atoms with Crippen LogP contribution in [0, 0.1) is 0 Å². The number of rotatable bonds is 1. The highest BCUT2D eigenvalue weighted by Gasteiger charge is 2.17. The molecule has 1 aromatic carbocycles. The van der Waals surface area contributed by atoms with E-state index < -0.39 is 0 Å². The fraction of sp³-hybridized carbons (Fsp3) is 0.0833. The van der Waals surface area contributed by atoms with Crippen LogP contribution in [0.15, 0.2) is 35.7 Å². The average Bonchev–Trinajstić information content (AvgIpc) is 2.82. The zero-order chi connectivity index (χ0) is 10.3. The van der Waals surface area contributed by atoms with Crippen LogP contribution in [0.3, 0.4) is 0 Å². The Bertz CT molecular complexity index is 516. The van der Waals surface area contributed by atoms with Crippen molar-refractivity contribution < 1.29 is 4.79 Å². The van der Waals surface area contributed by atoms with Gasteiger partial charge in [0.1, 0.15) is 0 Å². The highest BCUT2D eigenvalue weighted by atomic mass is 32.1. The van der Waals surface area contributed by atoms with E-state index in [4.69, 9.17) is 0 Å². The van der Waals surface area contributed by atoms with Gasteiger partial charge in [-0.25, -0.2) is 0 Å². The van der Waals surface area contributed by atoms with Crippen molar-refractivity contribution in [2.75, 3.05) is 5.32 Å². The Balaban J connectivity index is 2.07. The molecular weight excluding hydrogens is 206 g/mol. The molecule has 1 aromatic heterocycles. The van der Waals surface area contributed by atoms with E-state index in [1.54, 1.807) is 11.3 Å². The first-order chi connectivity index (χ1) is 7.33. The van der Waals surface area contributed by atoms with Gasteiger partial charge < -0.3 is 5.32 Å². The molecule has 1 aliphatic rings. The number of amides is 1. The van der Waals surface area contributed by atoms with Crippen molar-refractivity contribution in [1.82, 2.24) is 0 Å². The van der Waals surface area contributed by atoms with Gasteiger partial charge in [-0.2, -0.15) is 0 Å². The summed E-state index contributed by atoms with van der Waals surface area (Å²) in [6.45, 7) is 0. The molecule has 1 amide bonds. The third-order valence-corrected chi connectivity index (χ3v) is 3.45. The van der Waals surface area contributed by atoms with Gasteiger partial charge in [-0.3, -0.25) is 4.79 Å². The van der Waals surface area contributed by atoms with Crippen LogP contribution in [-0.4, -0.2) is 5.91 Å². The van der Waals surface area contributed by atoms with Gasteiger partial charge in [0.25, 0.3) is 0 Å². The SMILES string of the molecule is O=C1Cc2cc(-c3cccs3)ccc2N1. The number of carbonyl (C=O) groups excluding carboxylic acids is 1. The molecule has 15 heavy (non-hydrogen) atoms. The predicted molar refractivity (Wildman–Crippen MR) is 62.1 cm³/mol. The van der Waals surface area contributed by atoms with Gasteiger partial charge in [-0.15, -0.1) is 11.3 Å². The Morgan fingerprint density at radius 3 is 3.00 bits per heavy atom. The van der Waals surface area contributed by atoms with Crippen LogP contribution in [0.25, 0.3) is 10.4 Å². The Morgan fingerprint density at radius 1 is 1.27 bits per heavy atom. The molecule has 0 aliphatic carbocycles. The summed E-state index contributed by atoms with van der Waals surface area (Å²) in [7, 11) is 0. The molecule has 1 aliphatic heterocycles. The lowest BCUT2D eigenvalue weighted by Crippen LogP contribution is -2.03. The summed E-state index contributed by atoms with van der Waals surface area (Å²) in [4.78, 5) is 12.4. The minimum atomic E-state index is 0.0910. The molecule has 74 valence electrons. The van der Waals surface area contributed by atoms with E-state index in [1.165, 1.54) is 10.4 Å². The van der Waals surface area contributed by atoms with E-state index in [1.807, 2.05) is 12.1 Å². The molecule has 1 N–H and O–H groups in total. The van der Waals surface area contributed by atoms with Gasteiger partial charge in [0.15, 0.2) is 0 Å². The number of nitrogens with one attached hydrogen (secondary N) is 1. The molecular formula is C12H9NOS. The summed E-state index contributed by atoms with van der Waals surface area (Å²) in [5.74, 6) is 0.0910. The highest BCUT2D eigenvalue weighted by Crippen LogP contribution is 2.31. The number of benzene rings is 1. The standard InChI is InChI=1S/C12H9NOS/c14-12-7-9-6-8(3-4-10(9)13-12)11-2-1-5-15-11/h1-6H,7H2,(H,13,14). The van der Waals surface area contributed by atoms with Crippen molar-refractivity contribution in [1.29, 1.82) is 0 Å². The molecule has 0 fully saturated rings. The van der Waals surface area contributed by atoms with E-state index in [0.29, 0.717) is 6.42 Å². The monoisotopic (exact) mass is 215 g/mol. The molecule has 0 saturated carbocycles. The van der Waals surface area contributed by atoms with Gasteiger partial charge in [-0.05, 0) is 34.7 Å². The number of anilines is 1. The molecule has 0 atom stereocenters. The van der Waals surface area contributed by atoms with Crippen molar-refractivity contribution >= 4 is 22.9 Å². The Hall–Kier alpha value is -1.61. The number of hydrogen-bond donors (Lipinski definition) is 1. The third-order valence-electron chi connectivity index (χ3n) is 2.54. The summed E-state index contributed by atoms with van der Waals surface area (Å²) in [5, 5.41) is 4.90. The molecule has 0 bridgehead atoms. The number of thiophene rings is 1. The fourth-order valence-corrected chi connectivity index (χ4v) is 2.55. The van der Waals surface area contributed by atoms with Gasteiger partial charge in [0.05, 0.1) is 6.42 Å². The van der Waals surface area contributed by atoms with Crippen molar-refractivity contribution in [3.8, 4) is 10.4 Å².